The zero-order chi connectivity index (χ0) is 21.7. The Morgan fingerprint density at radius 1 is 1.27 bits per heavy atom. The highest BCUT2D eigenvalue weighted by Crippen LogP contribution is 2.31. The Morgan fingerprint density at radius 3 is 2.77 bits per heavy atom. The van der Waals surface area contributed by atoms with Crippen LogP contribution in [0.3, 0.4) is 0 Å². The molecule has 160 valence electrons. The van der Waals surface area contributed by atoms with Gasteiger partial charge < -0.3 is 15.0 Å². The topological polar surface area (TPSA) is 71.5 Å². The molecule has 1 N–H and O–H groups in total. The van der Waals surface area contributed by atoms with Crippen molar-refractivity contribution >= 4 is 33.6 Å². The van der Waals surface area contributed by atoms with E-state index in [-0.39, 0.29) is 24.1 Å². The van der Waals surface area contributed by atoms with Crippen LogP contribution in [-0.2, 0) is 15.8 Å². The van der Waals surface area contributed by atoms with E-state index in [9.17, 15) is 22.8 Å². The van der Waals surface area contributed by atoms with Crippen LogP contribution in [0.1, 0.15) is 18.4 Å². The first kappa shape index (κ1) is 22.1. The van der Waals surface area contributed by atoms with Gasteiger partial charge in [0.25, 0.3) is 5.91 Å². The number of nitrogens with one attached hydrogen (secondary N) is 1. The fourth-order valence-electron chi connectivity index (χ4n) is 3.09. The summed E-state index contributed by atoms with van der Waals surface area (Å²) in [7, 11) is 0. The van der Waals surface area contributed by atoms with Crippen LogP contribution in [0.5, 0.6) is 5.75 Å². The maximum Gasteiger partial charge on any atom is 0.416 e. The Balaban J connectivity index is 1.54. The van der Waals surface area contributed by atoms with Crippen molar-refractivity contribution in [2.75, 3.05) is 25.0 Å². The van der Waals surface area contributed by atoms with Crippen LogP contribution in [-0.4, -0.2) is 41.4 Å². The van der Waals surface area contributed by atoms with Crippen LogP contribution >= 0.6 is 15.9 Å². The second-order valence-corrected chi connectivity index (χ2v) is 7.76. The Kier molecular flexibility index (Phi) is 6.96. The standard InChI is InChI=1S/C20H19BrF3N3O3/c21-15-6-7-17(25-10-15)26-19(29)13-3-2-8-27(11-13)18(28)12-30-16-5-1-4-14(9-16)20(22,23)24/h1,4-7,9-10,13H,2-3,8,11-12H2,(H,25,26,29)/t13-/m1/s1. The van der Waals surface area contributed by atoms with Crippen molar-refractivity contribution in [1.82, 2.24) is 9.88 Å². The SMILES string of the molecule is O=C(Nc1ccc(Br)cn1)[C@@H]1CCCN(C(=O)COc2cccc(C(F)(F)F)c2)C1. The summed E-state index contributed by atoms with van der Waals surface area (Å²) < 4.78 is 44.4. The average molecular weight is 486 g/mol. The third kappa shape index (κ3) is 5.94. The highest BCUT2D eigenvalue weighted by molar-refractivity contribution is 9.10. The lowest BCUT2D eigenvalue weighted by molar-refractivity contribution is -0.137. The Bertz CT molecular complexity index is 906. The summed E-state index contributed by atoms with van der Waals surface area (Å²) in [6.45, 7) is 0.280. The van der Waals surface area contributed by atoms with Crippen molar-refractivity contribution in [3.63, 3.8) is 0 Å². The number of benzene rings is 1. The molecule has 1 aromatic carbocycles. The van der Waals surface area contributed by atoms with E-state index in [1.165, 1.54) is 17.0 Å². The number of piperidine rings is 1. The number of rotatable bonds is 5. The summed E-state index contributed by atoms with van der Waals surface area (Å²) in [5, 5.41) is 2.73. The summed E-state index contributed by atoms with van der Waals surface area (Å²) >= 11 is 3.27. The minimum atomic E-state index is -4.49. The Labute approximate surface area is 179 Å². The number of anilines is 1. The van der Waals surface area contributed by atoms with Crippen molar-refractivity contribution < 1.29 is 27.5 Å². The number of alkyl halides is 3. The van der Waals surface area contributed by atoms with Gasteiger partial charge in [0.2, 0.25) is 5.91 Å². The fraction of sp³-hybridized carbons (Fsp3) is 0.350. The van der Waals surface area contributed by atoms with E-state index in [0.29, 0.717) is 25.2 Å². The number of carbonyl (C=O) groups is 2. The van der Waals surface area contributed by atoms with Crippen molar-refractivity contribution in [2.45, 2.75) is 19.0 Å². The number of likely N-dealkylation sites (tertiary alicyclic amines) is 1. The number of hydrogen-bond donors (Lipinski definition) is 1. The van der Waals surface area contributed by atoms with Gasteiger partial charge in [0.1, 0.15) is 11.6 Å². The zero-order valence-corrected chi connectivity index (χ0v) is 17.4. The molecule has 1 saturated heterocycles. The van der Waals surface area contributed by atoms with E-state index in [4.69, 9.17) is 4.74 Å². The molecule has 0 unspecified atom stereocenters. The first-order chi connectivity index (χ1) is 14.2. The van der Waals surface area contributed by atoms with Gasteiger partial charge in [-0.05, 0) is 59.1 Å². The first-order valence-corrected chi connectivity index (χ1v) is 10.0. The maximum atomic E-state index is 12.8. The van der Waals surface area contributed by atoms with Gasteiger partial charge in [-0.25, -0.2) is 4.98 Å². The lowest BCUT2D eigenvalue weighted by Crippen LogP contribution is -2.45. The van der Waals surface area contributed by atoms with E-state index in [0.717, 1.165) is 16.6 Å². The molecule has 0 bridgehead atoms. The molecule has 1 aliphatic rings. The zero-order valence-electron chi connectivity index (χ0n) is 15.8. The number of pyridine rings is 1. The van der Waals surface area contributed by atoms with Crippen LogP contribution in [0.25, 0.3) is 0 Å². The van der Waals surface area contributed by atoms with Crippen LogP contribution < -0.4 is 10.1 Å². The molecule has 2 aromatic rings. The molecule has 6 nitrogen and oxygen atoms in total. The molecule has 10 heteroatoms. The van der Waals surface area contributed by atoms with Gasteiger partial charge in [0.15, 0.2) is 6.61 Å². The summed E-state index contributed by atoms with van der Waals surface area (Å²) in [5.74, 6) is -0.639. The van der Waals surface area contributed by atoms with Gasteiger partial charge in [0.05, 0.1) is 11.5 Å². The molecule has 3 rings (SSSR count). The molecule has 1 aromatic heterocycles. The Morgan fingerprint density at radius 2 is 2.07 bits per heavy atom. The lowest BCUT2D eigenvalue weighted by atomic mass is 9.97. The number of carbonyl (C=O) groups excluding carboxylic acids is 2. The van der Waals surface area contributed by atoms with Crippen molar-refractivity contribution in [1.29, 1.82) is 0 Å². The van der Waals surface area contributed by atoms with Gasteiger partial charge in [-0.3, -0.25) is 9.59 Å². The molecule has 0 spiro atoms. The molecule has 30 heavy (non-hydrogen) atoms. The number of aromatic nitrogens is 1. The first-order valence-electron chi connectivity index (χ1n) is 9.22. The molecule has 2 amide bonds. The number of halogens is 4. The molecule has 1 aliphatic heterocycles. The van der Waals surface area contributed by atoms with Crippen LogP contribution in [0.4, 0.5) is 19.0 Å². The average Bonchev–Trinajstić information content (AvgIpc) is 2.73. The van der Waals surface area contributed by atoms with Crippen molar-refractivity contribution in [2.24, 2.45) is 5.92 Å². The largest absolute Gasteiger partial charge is 0.484 e. The smallest absolute Gasteiger partial charge is 0.416 e. The van der Waals surface area contributed by atoms with E-state index in [1.807, 2.05) is 0 Å². The molecule has 1 atom stereocenters. The summed E-state index contributed by atoms with van der Waals surface area (Å²) in [5.41, 5.74) is -0.844. The molecule has 0 radical (unpaired) electrons. The second kappa shape index (κ2) is 9.46. The number of ether oxygens (including phenoxy) is 1. The highest BCUT2D eigenvalue weighted by atomic mass is 79.9. The summed E-state index contributed by atoms with van der Waals surface area (Å²) in [6, 6.07) is 7.79. The molecule has 0 saturated carbocycles. The quantitative estimate of drug-likeness (QED) is 0.691. The summed E-state index contributed by atoms with van der Waals surface area (Å²) in [6.07, 6.45) is -1.65. The van der Waals surface area contributed by atoms with Gasteiger partial charge in [-0.2, -0.15) is 13.2 Å². The number of nitrogens with zero attached hydrogens (tertiary/aromatic N) is 2. The van der Waals surface area contributed by atoms with Crippen LogP contribution in [0, 0.1) is 5.92 Å². The minimum absolute atomic E-state index is 0.0363. The van der Waals surface area contributed by atoms with E-state index < -0.39 is 24.3 Å². The minimum Gasteiger partial charge on any atom is -0.484 e. The van der Waals surface area contributed by atoms with Gasteiger partial charge in [-0.1, -0.05) is 6.07 Å². The molecule has 2 heterocycles. The van der Waals surface area contributed by atoms with Gasteiger partial charge in [0, 0.05) is 23.8 Å². The second-order valence-electron chi connectivity index (χ2n) is 6.84. The monoisotopic (exact) mass is 485 g/mol. The lowest BCUT2D eigenvalue weighted by Gasteiger charge is -2.32. The van der Waals surface area contributed by atoms with Gasteiger partial charge >= 0.3 is 6.18 Å². The maximum absolute atomic E-state index is 12.8. The number of amides is 2. The van der Waals surface area contributed by atoms with E-state index >= 15 is 0 Å². The summed E-state index contributed by atoms with van der Waals surface area (Å²) in [4.78, 5) is 30.5. The normalized spacial score (nSPS) is 16.8. The third-order valence-electron chi connectivity index (χ3n) is 4.65. The molecule has 1 fully saturated rings. The van der Waals surface area contributed by atoms with E-state index in [2.05, 4.69) is 26.2 Å². The van der Waals surface area contributed by atoms with Gasteiger partial charge in [-0.15, -0.1) is 0 Å². The van der Waals surface area contributed by atoms with Crippen LogP contribution in [0.2, 0.25) is 0 Å². The highest BCUT2D eigenvalue weighted by Gasteiger charge is 2.31. The predicted octanol–water partition coefficient (Wildman–Crippen LogP) is 4.12. The number of hydrogen-bond acceptors (Lipinski definition) is 4. The molecule has 0 aliphatic carbocycles. The van der Waals surface area contributed by atoms with Crippen LogP contribution in [0.15, 0.2) is 47.1 Å². The molecular formula is C20H19BrF3N3O3. The predicted molar refractivity (Wildman–Crippen MR) is 107 cm³/mol. The fourth-order valence-corrected chi connectivity index (χ4v) is 3.33. The Hall–Kier alpha value is -2.62. The third-order valence-corrected chi connectivity index (χ3v) is 5.12. The van der Waals surface area contributed by atoms with Crippen molar-refractivity contribution in [3.05, 3.63) is 52.6 Å². The van der Waals surface area contributed by atoms with E-state index in [1.54, 1.807) is 18.3 Å². The molecular weight excluding hydrogens is 467 g/mol. The van der Waals surface area contributed by atoms with Crippen molar-refractivity contribution in [3.8, 4) is 5.75 Å².